The van der Waals surface area contributed by atoms with Crippen LogP contribution in [0.4, 0.5) is 11.8 Å². The van der Waals surface area contributed by atoms with Gasteiger partial charge in [0.25, 0.3) is 0 Å². The van der Waals surface area contributed by atoms with E-state index in [0.717, 1.165) is 31.6 Å². The van der Waals surface area contributed by atoms with Crippen LogP contribution in [0.25, 0.3) is 0 Å². The third-order valence-corrected chi connectivity index (χ3v) is 4.24. The molecule has 106 valence electrons. The van der Waals surface area contributed by atoms with Gasteiger partial charge in [-0.05, 0) is 31.6 Å². The standard InChI is InChI=1S/C13H21ClN4O/c1-2-9-3-5-13(19,6-4-9)8-17-11-10(14)7-16-12(15)18-11/h7,9,19H,2-6,8H2,1H3,(H3,15,16,17,18). The van der Waals surface area contributed by atoms with Gasteiger partial charge in [-0.25, -0.2) is 4.98 Å². The van der Waals surface area contributed by atoms with Crippen LogP contribution in [0.2, 0.25) is 5.02 Å². The van der Waals surface area contributed by atoms with Gasteiger partial charge in [-0.3, -0.25) is 0 Å². The van der Waals surface area contributed by atoms with Gasteiger partial charge in [-0.15, -0.1) is 0 Å². The molecule has 1 heterocycles. The number of nitrogens with two attached hydrogens (primary N) is 1. The van der Waals surface area contributed by atoms with E-state index >= 15 is 0 Å². The van der Waals surface area contributed by atoms with Crippen molar-refractivity contribution in [3.05, 3.63) is 11.2 Å². The molecule has 2 rings (SSSR count). The molecule has 4 N–H and O–H groups in total. The molecule has 1 aromatic heterocycles. The Labute approximate surface area is 118 Å². The Morgan fingerprint density at radius 2 is 2.21 bits per heavy atom. The smallest absolute Gasteiger partial charge is 0.222 e. The second-order valence-electron chi connectivity index (χ2n) is 5.35. The van der Waals surface area contributed by atoms with E-state index in [1.165, 1.54) is 12.6 Å². The molecular weight excluding hydrogens is 264 g/mol. The van der Waals surface area contributed by atoms with Crippen molar-refractivity contribution in [2.24, 2.45) is 5.92 Å². The van der Waals surface area contributed by atoms with Crippen LogP contribution in [0.5, 0.6) is 0 Å². The average molecular weight is 285 g/mol. The summed E-state index contributed by atoms with van der Waals surface area (Å²) in [5.74, 6) is 1.41. The predicted octanol–water partition coefficient (Wildman–Crippen LogP) is 2.46. The molecule has 0 spiro atoms. The van der Waals surface area contributed by atoms with E-state index in [0.29, 0.717) is 17.4 Å². The number of rotatable bonds is 4. The minimum atomic E-state index is -0.672. The first-order chi connectivity index (χ1) is 9.02. The van der Waals surface area contributed by atoms with Crippen molar-refractivity contribution >= 4 is 23.4 Å². The second-order valence-corrected chi connectivity index (χ2v) is 5.76. The van der Waals surface area contributed by atoms with Crippen LogP contribution in [-0.2, 0) is 0 Å². The van der Waals surface area contributed by atoms with Gasteiger partial charge in [0, 0.05) is 6.54 Å². The molecule has 19 heavy (non-hydrogen) atoms. The number of aromatic nitrogens is 2. The highest BCUT2D eigenvalue weighted by molar-refractivity contribution is 6.32. The van der Waals surface area contributed by atoms with Crippen molar-refractivity contribution in [1.29, 1.82) is 0 Å². The van der Waals surface area contributed by atoms with E-state index in [4.69, 9.17) is 17.3 Å². The zero-order chi connectivity index (χ0) is 13.9. The number of halogens is 1. The van der Waals surface area contributed by atoms with E-state index in [1.807, 2.05) is 0 Å². The van der Waals surface area contributed by atoms with Gasteiger partial charge in [0.2, 0.25) is 5.95 Å². The maximum absolute atomic E-state index is 10.5. The summed E-state index contributed by atoms with van der Waals surface area (Å²) in [5, 5.41) is 14.0. The van der Waals surface area contributed by atoms with Gasteiger partial charge in [0.1, 0.15) is 5.02 Å². The molecule has 5 nitrogen and oxygen atoms in total. The third-order valence-electron chi connectivity index (χ3n) is 3.96. The molecule has 1 saturated carbocycles. The van der Waals surface area contributed by atoms with Gasteiger partial charge >= 0.3 is 0 Å². The number of aliphatic hydroxyl groups is 1. The van der Waals surface area contributed by atoms with Gasteiger partial charge in [-0.1, -0.05) is 24.9 Å². The van der Waals surface area contributed by atoms with E-state index in [2.05, 4.69) is 22.2 Å². The highest BCUT2D eigenvalue weighted by Crippen LogP contribution is 2.34. The van der Waals surface area contributed by atoms with Gasteiger partial charge in [-0.2, -0.15) is 4.98 Å². The van der Waals surface area contributed by atoms with Gasteiger partial charge < -0.3 is 16.2 Å². The highest BCUT2D eigenvalue weighted by Gasteiger charge is 2.32. The molecule has 0 aromatic carbocycles. The second kappa shape index (κ2) is 5.92. The molecule has 1 fully saturated rings. The minimum Gasteiger partial charge on any atom is -0.388 e. The van der Waals surface area contributed by atoms with Crippen LogP contribution >= 0.6 is 11.6 Å². The van der Waals surface area contributed by atoms with E-state index in [1.54, 1.807) is 0 Å². The fourth-order valence-corrected chi connectivity index (χ4v) is 2.71. The van der Waals surface area contributed by atoms with Crippen molar-refractivity contribution in [3.8, 4) is 0 Å². The van der Waals surface area contributed by atoms with Crippen LogP contribution in [-0.4, -0.2) is 27.2 Å². The maximum atomic E-state index is 10.5. The van der Waals surface area contributed by atoms with Crippen LogP contribution in [0.1, 0.15) is 39.0 Å². The summed E-state index contributed by atoms with van der Waals surface area (Å²) >= 11 is 5.98. The quantitative estimate of drug-likeness (QED) is 0.791. The summed E-state index contributed by atoms with van der Waals surface area (Å²) < 4.78 is 0. The fraction of sp³-hybridized carbons (Fsp3) is 0.692. The molecule has 6 heteroatoms. The Hall–Kier alpha value is -1.07. The molecule has 1 aliphatic rings. The van der Waals surface area contributed by atoms with Gasteiger partial charge in [0.05, 0.1) is 11.8 Å². The normalized spacial score (nSPS) is 27.2. The Balaban J connectivity index is 1.93. The first-order valence-electron chi connectivity index (χ1n) is 6.77. The van der Waals surface area contributed by atoms with Crippen LogP contribution in [0.3, 0.4) is 0 Å². The minimum absolute atomic E-state index is 0.175. The maximum Gasteiger partial charge on any atom is 0.222 e. The lowest BCUT2D eigenvalue weighted by Crippen LogP contribution is -2.40. The zero-order valence-corrected chi connectivity index (χ0v) is 12.0. The average Bonchev–Trinajstić information content (AvgIpc) is 2.41. The van der Waals surface area contributed by atoms with E-state index in [-0.39, 0.29) is 5.95 Å². The number of anilines is 2. The number of nitrogens with one attached hydrogen (secondary N) is 1. The Morgan fingerprint density at radius 1 is 1.53 bits per heavy atom. The van der Waals surface area contributed by atoms with Crippen LogP contribution in [0, 0.1) is 5.92 Å². The van der Waals surface area contributed by atoms with Crippen molar-refractivity contribution < 1.29 is 5.11 Å². The topological polar surface area (TPSA) is 84.1 Å². The molecule has 0 amide bonds. The summed E-state index contributed by atoms with van der Waals surface area (Å²) in [6.07, 6.45) is 6.44. The van der Waals surface area contributed by atoms with Crippen LogP contribution < -0.4 is 11.1 Å². The van der Waals surface area contributed by atoms with Crippen molar-refractivity contribution in [3.63, 3.8) is 0 Å². The molecule has 0 radical (unpaired) electrons. The molecule has 1 aromatic rings. The lowest BCUT2D eigenvalue weighted by molar-refractivity contribution is 0.00223. The number of hydrogen-bond donors (Lipinski definition) is 3. The molecule has 0 aliphatic heterocycles. The molecular formula is C13H21ClN4O. The van der Waals surface area contributed by atoms with Crippen LogP contribution in [0.15, 0.2) is 6.20 Å². The van der Waals surface area contributed by atoms with Crippen molar-refractivity contribution in [2.45, 2.75) is 44.6 Å². The number of hydrogen-bond acceptors (Lipinski definition) is 5. The number of nitrogens with zero attached hydrogens (tertiary/aromatic N) is 2. The zero-order valence-electron chi connectivity index (χ0n) is 11.2. The van der Waals surface area contributed by atoms with Crippen molar-refractivity contribution in [2.75, 3.05) is 17.6 Å². The Kier molecular flexibility index (Phi) is 4.47. The molecule has 0 unspecified atom stereocenters. The monoisotopic (exact) mass is 284 g/mol. The van der Waals surface area contributed by atoms with E-state index in [9.17, 15) is 5.11 Å². The SMILES string of the molecule is CCC1CCC(O)(CNc2nc(N)ncc2Cl)CC1. The summed E-state index contributed by atoms with van der Waals surface area (Å²) in [6.45, 7) is 2.65. The summed E-state index contributed by atoms with van der Waals surface area (Å²) in [4.78, 5) is 7.84. The summed E-state index contributed by atoms with van der Waals surface area (Å²) in [7, 11) is 0. The Morgan fingerprint density at radius 3 is 2.84 bits per heavy atom. The number of nitrogen functional groups attached to an aromatic ring is 1. The predicted molar refractivity (Wildman–Crippen MR) is 77.1 cm³/mol. The first kappa shape index (κ1) is 14.3. The molecule has 0 bridgehead atoms. The van der Waals surface area contributed by atoms with Gasteiger partial charge in [0.15, 0.2) is 5.82 Å². The lowest BCUT2D eigenvalue weighted by atomic mass is 9.78. The first-order valence-corrected chi connectivity index (χ1v) is 7.14. The molecule has 0 saturated heterocycles. The highest BCUT2D eigenvalue weighted by atomic mass is 35.5. The molecule has 0 atom stereocenters. The lowest BCUT2D eigenvalue weighted by Gasteiger charge is -2.36. The summed E-state index contributed by atoms with van der Waals surface area (Å²) in [6, 6.07) is 0. The molecule has 1 aliphatic carbocycles. The largest absolute Gasteiger partial charge is 0.388 e. The third kappa shape index (κ3) is 3.70. The van der Waals surface area contributed by atoms with Crippen molar-refractivity contribution in [1.82, 2.24) is 9.97 Å². The van der Waals surface area contributed by atoms with E-state index < -0.39 is 5.60 Å². The summed E-state index contributed by atoms with van der Waals surface area (Å²) in [5.41, 5.74) is 4.85. The fourth-order valence-electron chi connectivity index (χ4n) is 2.55. The Bertz CT molecular complexity index is 433.